The number of hydrogen-bond donors (Lipinski definition) is 1. The molecule has 6 heteroatoms. The second kappa shape index (κ2) is 8.27. The molecular weight excluding hydrogens is 362 g/mol. The normalized spacial score (nSPS) is 10.9. The number of nitrogens with one attached hydrogen (secondary N) is 1. The van der Waals surface area contributed by atoms with E-state index in [1.54, 1.807) is 17.9 Å². The maximum atomic E-state index is 12.8. The molecule has 0 saturated carbocycles. The minimum absolute atomic E-state index is 0.176. The molecule has 5 nitrogen and oxygen atoms in total. The van der Waals surface area contributed by atoms with Crippen LogP contribution in [0.1, 0.15) is 24.3 Å². The molecule has 0 fully saturated rings. The highest BCUT2D eigenvalue weighted by Gasteiger charge is 2.19. The second-order valence-corrected chi connectivity index (χ2v) is 7.02. The first kappa shape index (κ1) is 19.0. The smallest absolute Gasteiger partial charge is 0.270 e. The summed E-state index contributed by atoms with van der Waals surface area (Å²) in [6.45, 7) is 4.69. The molecule has 1 amide bonds. The number of methoxy groups -OCH3 is 1. The molecule has 0 aliphatic heterocycles. The Morgan fingerprint density at radius 1 is 1.19 bits per heavy atom. The van der Waals surface area contributed by atoms with Gasteiger partial charge in [0.1, 0.15) is 11.4 Å². The molecule has 0 saturated heterocycles. The van der Waals surface area contributed by atoms with E-state index in [1.165, 1.54) is 0 Å². The summed E-state index contributed by atoms with van der Waals surface area (Å²) in [4.78, 5) is 12.8. The maximum Gasteiger partial charge on any atom is 0.270 e. The van der Waals surface area contributed by atoms with Crippen LogP contribution in [-0.2, 0) is 0 Å². The topological polar surface area (TPSA) is 56.2 Å². The van der Waals surface area contributed by atoms with Crippen molar-refractivity contribution in [3.8, 4) is 22.7 Å². The molecule has 0 spiro atoms. The lowest BCUT2D eigenvalue weighted by molar-refractivity contribution is 0.0941. The van der Waals surface area contributed by atoms with Crippen molar-refractivity contribution in [3.05, 3.63) is 65.3 Å². The van der Waals surface area contributed by atoms with Crippen LogP contribution in [0.5, 0.6) is 5.75 Å². The zero-order valence-corrected chi connectivity index (χ0v) is 16.3. The first-order valence-electron chi connectivity index (χ1n) is 8.77. The van der Waals surface area contributed by atoms with Gasteiger partial charge < -0.3 is 10.1 Å². The van der Waals surface area contributed by atoms with Gasteiger partial charge in [0.2, 0.25) is 0 Å². The van der Waals surface area contributed by atoms with Crippen LogP contribution in [0.4, 0.5) is 0 Å². The number of carbonyl (C=O) groups excluding carboxylic acids is 1. The zero-order chi connectivity index (χ0) is 19.4. The fourth-order valence-electron chi connectivity index (χ4n) is 2.65. The molecule has 27 heavy (non-hydrogen) atoms. The van der Waals surface area contributed by atoms with E-state index < -0.39 is 0 Å². The summed E-state index contributed by atoms with van der Waals surface area (Å²) in [5.41, 5.74) is 2.65. The van der Waals surface area contributed by atoms with Crippen molar-refractivity contribution in [2.24, 2.45) is 5.92 Å². The van der Waals surface area contributed by atoms with E-state index >= 15 is 0 Å². The number of hydrogen-bond acceptors (Lipinski definition) is 3. The molecule has 0 unspecified atom stereocenters. The van der Waals surface area contributed by atoms with Crippen molar-refractivity contribution < 1.29 is 9.53 Å². The van der Waals surface area contributed by atoms with Crippen LogP contribution in [0.25, 0.3) is 16.9 Å². The number of nitrogens with zero attached hydrogens (tertiary/aromatic N) is 2. The predicted octanol–water partition coefficient (Wildman–Crippen LogP) is 4.59. The van der Waals surface area contributed by atoms with Gasteiger partial charge in [0.25, 0.3) is 5.91 Å². The third-order valence-corrected chi connectivity index (χ3v) is 4.41. The van der Waals surface area contributed by atoms with Crippen LogP contribution in [0.3, 0.4) is 0 Å². The van der Waals surface area contributed by atoms with Gasteiger partial charge in [-0.05, 0) is 42.3 Å². The predicted molar refractivity (Wildman–Crippen MR) is 108 cm³/mol. The van der Waals surface area contributed by atoms with E-state index in [4.69, 9.17) is 16.3 Å². The van der Waals surface area contributed by atoms with Crippen molar-refractivity contribution in [3.63, 3.8) is 0 Å². The Balaban J connectivity index is 2.05. The van der Waals surface area contributed by atoms with Gasteiger partial charge in [0.05, 0.1) is 23.5 Å². The van der Waals surface area contributed by atoms with E-state index in [2.05, 4.69) is 24.3 Å². The van der Waals surface area contributed by atoms with E-state index in [1.807, 2.05) is 48.5 Å². The average Bonchev–Trinajstić information content (AvgIpc) is 3.11. The number of aromatic nitrogens is 2. The first-order chi connectivity index (χ1) is 13.0. The molecule has 0 bridgehead atoms. The number of ether oxygens (including phenoxy) is 1. The van der Waals surface area contributed by atoms with Gasteiger partial charge in [0, 0.05) is 12.1 Å². The van der Waals surface area contributed by atoms with E-state index in [0.29, 0.717) is 28.9 Å². The lowest BCUT2D eigenvalue weighted by Gasteiger charge is -2.10. The Labute approximate surface area is 163 Å². The Morgan fingerprint density at radius 3 is 2.52 bits per heavy atom. The monoisotopic (exact) mass is 383 g/mol. The maximum absolute atomic E-state index is 12.8. The highest BCUT2D eigenvalue weighted by Crippen LogP contribution is 2.28. The molecule has 3 aromatic rings. The van der Waals surface area contributed by atoms with Crippen molar-refractivity contribution in [2.45, 2.75) is 13.8 Å². The van der Waals surface area contributed by atoms with Gasteiger partial charge >= 0.3 is 0 Å². The van der Waals surface area contributed by atoms with E-state index in [-0.39, 0.29) is 5.91 Å². The molecule has 3 rings (SSSR count). The van der Waals surface area contributed by atoms with E-state index in [9.17, 15) is 4.79 Å². The van der Waals surface area contributed by atoms with Crippen LogP contribution in [-0.4, -0.2) is 29.3 Å². The third kappa shape index (κ3) is 4.31. The van der Waals surface area contributed by atoms with Crippen LogP contribution in [0.15, 0.2) is 54.6 Å². The molecule has 140 valence electrons. The minimum atomic E-state index is -0.176. The number of benzene rings is 2. The largest absolute Gasteiger partial charge is 0.497 e. The van der Waals surface area contributed by atoms with Gasteiger partial charge in [0.15, 0.2) is 0 Å². The number of carbonyl (C=O) groups is 1. The first-order valence-corrected chi connectivity index (χ1v) is 9.15. The van der Waals surface area contributed by atoms with Gasteiger partial charge in [-0.2, -0.15) is 5.10 Å². The summed E-state index contributed by atoms with van der Waals surface area (Å²) in [6, 6.07) is 16.6. The molecule has 1 N–H and O–H groups in total. The summed E-state index contributed by atoms with van der Waals surface area (Å²) >= 11 is 6.32. The van der Waals surface area contributed by atoms with Crippen molar-refractivity contribution in [2.75, 3.05) is 13.7 Å². The fourth-order valence-corrected chi connectivity index (χ4v) is 2.88. The lowest BCUT2D eigenvalue weighted by Crippen LogP contribution is -2.29. The number of rotatable bonds is 6. The molecule has 1 heterocycles. The van der Waals surface area contributed by atoms with Gasteiger partial charge in [-0.1, -0.05) is 43.6 Å². The van der Waals surface area contributed by atoms with Crippen molar-refractivity contribution in [1.29, 1.82) is 0 Å². The summed E-state index contributed by atoms with van der Waals surface area (Å²) in [6.07, 6.45) is 0. The molecule has 0 atom stereocenters. The number of amides is 1. The van der Waals surface area contributed by atoms with Crippen LogP contribution in [0, 0.1) is 5.92 Å². The Bertz CT molecular complexity index is 933. The SMILES string of the molecule is COc1ccc(-n2nc(-c3ccccc3Cl)cc2C(=O)NCC(C)C)cc1. The van der Waals surface area contributed by atoms with Gasteiger partial charge in [-0.15, -0.1) is 0 Å². The van der Waals surface area contributed by atoms with Crippen LogP contribution >= 0.6 is 11.6 Å². The Kier molecular flexibility index (Phi) is 5.81. The van der Waals surface area contributed by atoms with Gasteiger partial charge in [-0.25, -0.2) is 4.68 Å². The highest BCUT2D eigenvalue weighted by atomic mass is 35.5. The standard InChI is InChI=1S/C21H22ClN3O2/c1-14(2)13-23-21(26)20-12-19(17-6-4-5-7-18(17)22)24-25(20)15-8-10-16(27-3)11-9-15/h4-12,14H,13H2,1-3H3,(H,23,26). The summed E-state index contributed by atoms with van der Waals surface area (Å²) in [5.74, 6) is 0.919. The molecule has 0 radical (unpaired) electrons. The highest BCUT2D eigenvalue weighted by molar-refractivity contribution is 6.33. The summed E-state index contributed by atoms with van der Waals surface area (Å²) in [7, 11) is 1.61. The Hall–Kier alpha value is -2.79. The van der Waals surface area contributed by atoms with Crippen LogP contribution in [0.2, 0.25) is 5.02 Å². The number of halogens is 1. The van der Waals surface area contributed by atoms with Crippen molar-refractivity contribution in [1.82, 2.24) is 15.1 Å². The Morgan fingerprint density at radius 2 is 1.89 bits per heavy atom. The molecule has 1 aromatic heterocycles. The lowest BCUT2D eigenvalue weighted by atomic mass is 10.1. The molecule has 2 aromatic carbocycles. The zero-order valence-electron chi connectivity index (χ0n) is 15.6. The summed E-state index contributed by atoms with van der Waals surface area (Å²) < 4.78 is 6.84. The quantitative estimate of drug-likeness (QED) is 0.677. The minimum Gasteiger partial charge on any atom is -0.497 e. The van der Waals surface area contributed by atoms with Crippen molar-refractivity contribution >= 4 is 17.5 Å². The van der Waals surface area contributed by atoms with Gasteiger partial charge in [-0.3, -0.25) is 4.79 Å². The third-order valence-electron chi connectivity index (χ3n) is 4.08. The average molecular weight is 384 g/mol. The van der Waals surface area contributed by atoms with E-state index in [0.717, 1.165) is 17.0 Å². The molecule has 0 aliphatic rings. The molecule has 0 aliphatic carbocycles. The fraction of sp³-hybridized carbons (Fsp3) is 0.238. The van der Waals surface area contributed by atoms with Crippen LogP contribution < -0.4 is 10.1 Å². The summed E-state index contributed by atoms with van der Waals surface area (Å²) in [5, 5.41) is 8.19. The molecular formula is C21H22ClN3O2. The second-order valence-electron chi connectivity index (χ2n) is 6.61.